The molecule has 0 aromatic heterocycles. The molecule has 0 saturated heterocycles. The highest BCUT2D eigenvalue weighted by atomic mass is 16.5. The van der Waals surface area contributed by atoms with Crippen LogP contribution in [0.5, 0.6) is 5.75 Å². The first-order valence-corrected chi connectivity index (χ1v) is 7.64. The Labute approximate surface area is 126 Å². The Balaban J connectivity index is 1.85. The Kier molecular flexibility index (Phi) is 3.73. The Morgan fingerprint density at radius 2 is 1.57 bits per heavy atom. The van der Waals surface area contributed by atoms with Crippen LogP contribution in [0, 0.1) is 20.8 Å². The molecule has 110 valence electrons. The van der Waals surface area contributed by atoms with Crippen LogP contribution in [0.25, 0.3) is 0 Å². The first-order valence-electron chi connectivity index (χ1n) is 7.64. The summed E-state index contributed by atoms with van der Waals surface area (Å²) in [5.74, 6) is 0.950. The maximum absolute atomic E-state index is 6.49. The van der Waals surface area contributed by atoms with E-state index in [9.17, 15) is 0 Å². The van der Waals surface area contributed by atoms with Crippen LogP contribution in [0.3, 0.4) is 0 Å². The van der Waals surface area contributed by atoms with E-state index in [0.717, 1.165) is 11.3 Å². The van der Waals surface area contributed by atoms with Crippen molar-refractivity contribution in [1.82, 2.24) is 0 Å². The van der Waals surface area contributed by atoms with E-state index in [0.29, 0.717) is 6.10 Å². The molecule has 0 spiro atoms. The molecule has 1 atom stereocenters. The van der Waals surface area contributed by atoms with E-state index in [1.807, 2.05) is 12.1 Å². The maximum atomic E-state index is 6.49. The Hall–Kier alpha value is -1.80. The van der Waals surface area contributed by atoms with E-state index in [2.05, 4.69) is 45.0 Å². The third kappa shape index (κ3) is 3.11. The van der Waals surface area contributed by atoms with E-state index in [4.69, 9.17) is 10.5 Å². The first kappa shape index (κ1) is 14.2. The molecule has 1 saturated carbocycles. The van der Waals surface area contributed by atoms with Crippen molar-refractivity contribution in [2.24, 2.45) is 5.73 Å². The molecule has 21 heavy (non-hydrogen) atoms. The van der Waals surface area contributed by atoms with Crippen molar-refractivity contribution in [1.29, 1.82) is 0 Å². The van der Waals surface area contributed by atoms with Gasteiger partial charge >= 0.3 is 0 Å². The van der Waals surface area contributed by atoms with Gasteiger partial charge in [0, 0.05) is 0 Å². The van der Waals surface area contributed by atoms with E-state index < -0.39 is 0 Å². The van der Waals surface area contributed by atoms with Crippen molar-refractivity contribution in [2.75, 3.05) is 0 Å². The highest BCUT2D eigenvalue weighted by Gasteiger charge is 2.23. The SMILES string of the molecule is Cc1cc(C)c(C(N)c2ccc(OC3CC3)cc2)c(C)c1. The minimum Gasteiger partial charge on any atom is -0.490 e. The third-order valence-electron chi connectivity index (χ3n) is 4.12. The molecular weight excluding hydrogens is 258 g/mol. The fourth-order valence-corrected chi connectivity index (χ4v) is 2.98. The van der Waals surface area contributed by atoms with E-state index in [-0.39, 0.29) is 6.04 Å². The van der Waals surface area contributed by atoms with Crippen LogP contribution in [-0.4, -0.2) is 6.10 Å². The quantitative estimate of drug-likeness (QED) is 0.911. The average molecular weight is 281 g/mol. The van der Waals surface area contributed by atoms with Crippen molar-refractivity contribution in [3.8, 4) is 5.75 Å². The monoisotopic (exact) mass is 281 g/mol. The van der Waals surface area contributed by atoms with Crippen molar-refractivity contribution in [3.63, 3.8) is 0 Å². The molecule has 0 radical (unpaired) electrons. The maximum Gasteiger partial charge on any atom is 0.119 e. The average Bonchev–Trinajstić information content (AvgIpc) is 3.22. The van der Waals surface area contributed by atoms with E-state index in [1.54, 1.807) is 0 Å². The van der Waals surface area contributed by atoms with Crippen LogP contribution >= 0.6 is 0 Å². The summed E-state index contributed by atoms with van der Waals surface area (Å²) in [7, 11) is 0. The van der Waals surface area contributed by atoms with Gasteiger partial charge in [-0.3, -0.25) is 0 Å². The molecule has 2 aromatic carbocycles. The molecule has 1 aliphatic rings. The fourth-order valence-electron chi connectivity index (χ4n) is 2.98. The molecule has 2 N–H and O–H groups in total. The Morgan fingerprint density at radius 3 is 2.10 bits per heavy atom. The zero-order chi connectivity index (χ0) is 15.0. The van der Waals surface area contributed by atoms with Crippen LogP contribution in [0.4, 0.5) is 0 Å². The summed E-state index contributed by atoms with van der Waals surface area (Å²) >= 11 is 0. The molecule has 2 aromatic rings. The predicted octanol–water partition coefficient (Wildman–Crippen LogP) is 4.20. The van der Waals surface area contributed by atoms with Crippen molar-refractivity contribution >= 4 is 0 Å². The lowest BCUT2D eigenvalue weighted by atomic mass is 9.90. The molecule has 3 rings (SSSR count). The molecule has 1 unspecified atom stereocenters. The number of aryl methyl sites for hydroxylation is 3. The molecule has 2 nitrogen and oxygen atoms in total. The number of hydrogen-bond acceptors (Lipinski definition) is 2. The summed E-state index contributed by atoms with van der Waals surface area (Å²) in [5.41, 5.74) is 12.7. The summed E-state index contributed by atoms with van der Waals surface area (Å²) in [5, 5.41) is 0. The van der Waals surface area contributed by atoms with Crippen LogP contribution in [0.2, 0.25) is 0 Å². The van der Waals surface area contributed by atoms with Gasteiger partial charge in [-0.2, -0.15) is 0 Å². The molecule has 2 heteroatoms. The number of ether oxygens (including phenoxy) is 1. The Bertz CT molecular complexity index is 618. The second-order valence-corrected chi connectivity index (χ2v) is 6.18. The normalized spacial score (nSPS) is 15.8. The van der Waals surface area contributed by atoms with Crippen LogP contribution in [0.1, 0.15) is 46.7 Å². The van der Waals surface area contributed by atoms with Gasteiger partial charge in [0.05, 0.1) is 12.1 Å². The van der Waals surface area contributed by atoms with Crippen LogP contribution in [0.15, 0.2) is 36.4 Å². The minimum atomic E-state index is -0.0828. The van der Waals surface area contributed by atoms with Gasteiger partial charge in [0.2, 0.25) is 0 Å². The van der Waals surface area contributed by atoms with Crippen molar-refractivity contribution in [3.05, 3.63) is 64.2 Å². The summed E-state index contributed by atoms with van der Waals surface area (Å²) in [4.78, 5) is 0. The van der Waals surface area contributed by atoms with E-state index in [1.165, 1.54) is 35.1 Å². The smallest absolute Gasteiger partial charge is 0.119 e. The fraction of sp³-hybridized carbons (Fsp3) is 0.368. The lowest BCUT2D eigenvalue weighted by Crippen LogP contribution is -2.15. The van der Waals surface area contributed by atoms with Gasteiger partial charge in [0.15, 0.2) is 0 Å². The summed E-state index contributed by atoms with van der Waals surface area (Å²) in [6, 6.07) is 12.6. The molecular formula is C19H23NO. The van der Waals surface area contributed by atoms with Gasteiger partial charge < -0.3 is 10.5 Å². The van der Waals surface area contributed by atoms with Gasteiger partial charge in [-0.1, -0.05) is 29.8 Å². The van der Waals surface area contributed by atoms with Gasteiger partial charge in [-0.25, -0.2) is 0 Å². The van der Waals surface area contributed by atoms with Crippen molar-refractivity contribution in [2.45, 2.75) is 45.8 Å². The molecule has 0 amide bonds. The molecule has 0 bridgehead atoms. The van der Waals surface area contributed by atoms with Gasteiger partial charge in [0.25, 0.3) is 0 Å². The zero-order valence-electron chi connectivity index (χ0n) is 13.0. The Morgan fingerprint density at radius 1 is 1.00 bits per heavy atom. The van der Waals surface area contributed by atoms with E-state index >= 15 is 0 Å². The van der Waals surface area contributed by atoms with Crippen LogP contribution < -0.4 is 10.5 Å². The van der Waals surface area contributed by atoms with Gasteiger partial charge in [-0.05, 0) is 68.0 Å². The summed E-state index contributed by atoms with van der Waals surface area (Å²) < 4.78 is 5.79. The zero-order valence-corrected chi connectivity index (χ0v) is 13.0. The third-order valence-corrected chi connectivity index (χ3v) is 4.12. The lowest BCUT2D eigenvalue weighted by Gasteiger charge is -2.19. The van der Waals surface area contributed by atoms with Gasteiger partial charge in [0.1, 0.15) is 5.75 Å². The predicted molar refractivity (Wildman–Crippen MR) is 86.8 cm³/mol. The lowest BCUT2D eigenvalue weighted by molar-refractivity contribution is 0.303. The topological polar surface area (TPSA) is 35.2 Å². The minimum absolute atomic E-state index is 0.0828. The second kappa shape index (κ2) is 5.53. The second-order valence-electron chi connectivity index (χ2n) is 6.18. The highest BCUT2D eigenvalue weighted by Crippen LogP contribution is 2.30. The molecule has 1 fully saturated rings. The molecule has 0 aliphatic heterocycles. The van der Waals surface area contributed by atoms with Crippen molar-refractivity contribution < 1.29 is 4.74 Å². The number of nitrogens with two attached hydrogens (primary N) is 1. The summed E-state index contributed by atoms with van der Waals surface area (Å²) in [6.45, 7) is 6.40. The largest absolute Gasteiger partial charge is 0.490 e. The molecule has 1 aliphatic carbocycles. The number of hydrogen-bond donors (Lipinski definition) is 1. The standard InChI is InChI=1S/C19H23NO/c1-12-10-13(2)18(14(3)11-12)19(20)15-4-6-16(7-5-15)21-17-8-9-17/h4-7,10-11,17,19H,8-9,20H2,1-3H3. The number of benzene rings is 2. The van der Waals surface area contributed by atoms with Crippen LogP contribution in [-0.2, 0) is 0 Å². The first-order chi connectivity index (χ1) is 10.0. The van der Waals surface area contributed by atoms with Gasteiger partial charge in [-0.15, -0.1) is 0 Å². The highest BCUT2D eigenvalue weighted by molar-refractivity contribution is 5.44. The molecule has 0 heterocycles. The number of rotatable bonds is 4. The summed E-state index contributed by atoms with van der Waals surface area (Å²) in [6.07, 6.45) is 2.80.